The maximum atomic E-state index is 14.6. The van der Waals surface area contributed by atoms with Gasteiger partial charge in [0.2, 0.25) is 0 Å². The minimum Gasteiger partial charge on any atom is -0.392 e. The monoisotopic (exact) mass is 470 g/mol. The predicted molar refractivity (Wildman–Crippen MR) is 131 cm³/mol. The van der Waals surface area contributed by atoms with Gasteiger partial charge < -0.3 is 14.6 Å². The van der Waals surface area contributed by atoms with Crippen LogP contribution in [0.3, 0.4) is 0 Å². The van der Waals surface area contributed by atoms with Crippen molar-refractivity contribution >= 4 is 12.1 Å². The molecule has 6 aliphatic rings. The first-order valence-electron chi connectivity index (χ1n) is 14.2. The van der Waals surface area contributed by atoms with Crippen LogP contribution in [-0.4, -0.2) is 35.5 Å². The number of aliphatic hydroxyl groups is 1. The van der Waals surface area contributed by atoms with Crippen LogP contribution in [0.4, 0.5) is 0 Å². The Morgan fingerprint density at radius 1 is 0.941 bits per heavy atom. The van der Waals surface area contributed by atoms with E-state index < -0.39 is 17.1 Å². The molecule has 1 saturated heterocycles. The van der Waals surface area contributed by atoms with Gasteiger partial charge in [0.1, 0.15) is 11.9 Å². The van der Waals surface area contributed by atoms with Crippen molar-refractivity contribution in [3.05, 3.63) is 0 Å². The molecular weight excluding hydrogens is 424 g/mol. The summed E-state index contributed by atoms with van der Waals surface area (Å²) in [5.41, 5.74) is -1.47. The topological polar surface area (TPSA) is 63.6 Å². The zero-order chi connectivity index (χ0) is 24.5. The lowest BCUT2D eigenvalue weighted by atomic mass is 9.30. The molecule has 12 atom stereocenters. The van der Waals surface area contributed by atoms with E-state index in [1.54, 1.807) is 0 Å². The quantitative estimate of drug-likeness (QED) is 0.507. The van der Waals surface area contributed by atoms with Gasteiger partial charge in [-0.05, 0) is 85.9 Å². The van der Waals surface area contributed by atoms with Crippen LogP contribution in [-0.2, 0) is 14.3 Å². The van der Waals surface area contributed by atoms with Crippen molar-refractivity contribution in [3.63, 3.8) is 0 Å². The van der Waals surface area contributed by atoms with Gasteiger partial charge in [0.05, 0.1) is 18.1 Å². The lowest BCUT2D eigenvalue weighted by molar-refractivity contribution is -0.271. The SMILES string of the molecule is C[C@H]1[C@H](C)CC[C@]23CC[C@]4(C)[C@@]5(C)CC[C@@H]6[C@@](C)(C=O)[C@@H](O)CC[C@]6(C)[C@H]5CC(=O)[C@@]4(OC2)[C@H]13. The number of carbonyl (C=O) groups excluding carboxylic acids is 2. The molecule has 5 saturated carbocycles. The van der Waals surface area contributed by atoms with E-state index in [-0.39, 0.29) is 33.5 Å². The molecule has 190 valence electrons. The Morgan fingerprint density at radius 2 is 1.68 bits per heavy atom. The summed E-state index contributed by atoms with van der Waals surface area (Å²) in [6.45, 7) is 14.8. The van der Waals surface area contributed by atoms with Crippen LogP contribution in [0.1, 0.15) is 99.3 Å². The van der Waals surface area contributed by atoms with E-state index in [0.717, 1.165) is 38.6 Å². The predicted octanol–water partition coefficient (Wildman–Crippen LogP) is 5.60. The lowest BCUT2D eigenvalue weighted by Crippen LogP contribution is -2.75. The highest BCUT2D eigenvalue weighted by Crippen LogP contribution is 2.79. The smallest absolute Gasteiger partial charge is 0.165 e. The van der Waals surface area contributed by atoms with Gasteiger partial charge in [-0.15, -0.1) is 0 Å². The molecule has 1 N–H and O–H groups in total. The highest BCUT2D eigenvalue weighted by atomic mass is 16.5. The third kappa shape index (κ3) is 2.27. The van der Waals surface area contributed by atoms with Crippen molar-refractivity contribution in [1.29, 1.82) is 0 Å². The summed E-state index contributed by atoms with van der Waals surface area (Å²) in [5.74, 6) is 2.22. The number of Topliss-reactive ketones (excluding diaryl/α,β-unsaturated/α-hetero) is 1. The first-order valence-corrected chi connectivity index (χ1v) is 14.2. The van der Waals surface area contributed by atoms with Crippen LogP contribution in [0.25, 0.3) is 0 Å². The molecule has 34 heavy (non-hydrogen) atoms. The summed E-state index contributed by atoms with van der Waals surface area (Å²) in [6.07, 6.45) is 9.32. The Bertz CT molecular complexity index is 931. The molecule has 4 nitrogen and oxygen atoms in total. The molecule has 0 unspecified atom stereocenters. The van der Waals surface area contributed by atoms with Gasteiger partial charge in [0, 0.05) is 23.2 Å². The molecule has 6 rings (SSSR count). The maximum Gasteiger partial charge on any atom is 0.165 e. The summed E-state index contributed by atoms with van der Waals surface area (Å²) in [6, 6.07) is 0. The molecule has 0 amide bonds. The van der Waals surface area contributed by atoms with Crippen molar-refractivity contribution < 1.29 is 19.4 Å². The summed E-state index contributed by atoms with van der Waals surface area (Å²) in [5, 5.41) is 10.9. The van der Waals surface area contributed by atoms with Gasteiger partial charge in [0.25, 0.3) is 0 Å². The van der Waals surface area contributed by atoms with Crippen molar-refractivity contribution in [3.8, 4) is 0 Å². The molecule has 5 aliphatic carbocycles. The average molecular weight is 471 g/mol. The van der Waals surface area contributed by atoms with E-state index in [9.17, 15) is 14.7 Å². The van der Waals surface area contributed by atoms with Crippen LogP contribution in [0.15, 0.2) is 0 Å². The number of rotatable bonds is 1. The average Bonchev–Trinajstić information content (AvgIpc) is 3.09. The molecule has 1 aliphatic heterocycles. The van der Waals surface area contributed by atoms with Gasteiger partial charge in [-0.1, -0.05) is 41.5 Å². The molecular formula is C30H46O4. The molecule has 1 heterocycles. The number of hydrogen-bond donors (Lipinski definition) is 1. The Morgan fingerprint density at radius 3 is 2.38 bits per heavy atom. The zero-order valence-electron chi connectivity index (χ0n) is 22.3. The van der Waals surface area contributed by atoms with E-state index in [0.29, 0.717) is 36.4 Å². The van der Waals surface area contributed by atoms with Crippen LogP contribution >= 0.6 is 0 Å². The highest BCUT2D eigenvalue weighted by molar-refractivity contribution is 5.91. The molecule has 6 fully saturated rings. The maximum absolute atomic E-state index is 14.6. The zero-order valence-corrected chi connectivity index (χ0v) is 22.3. The molecule has 0 aromatic heterocycles. The van der Waals surface area contributed by atoms with E-state index in [1.807, 2.05) is 6.92 Å². The Kier molecular flexibility index (Phi) is 4.71. The Balaban J connectivity index is 1.49. The Hall–Kier alpha value is -0.740. The summed E-state index contributed by atoms with van der Waals surface area (Å²) in [7, 11) is 0. The summed E-state index contributed by atoms with van der Waals surface area (Å²) in [4.78, 5) is 26.9. The minimum atomic E-state index is -0.716. The molecule has 0 aromatic rings. The van der Waals surface area contributed by atoms with Crippen LogP contribution in [0, 0.1) is 56.7 Å². The second kappa shape index (κ2) is 6.77. The summed E-state index contributed by atoms with van der Waals surface area (Å²) >= 11 is 0. The van der Waals surface area contributed by atoms with Crippen molar-refractivity contribution in [2.24, 2.45) is 56.7 Å². The fraction of sp³-hybridized carbons (Fsp3) is 0.933. The van der Waals surface area contributed by atoms with Crippen molar-refractivity contribution in [2.45, 2.75) is 111 Å². The Labute approximate surface area is 206 Å². The van der Waals surface area contributed by atoms with E-state index >= 15 is 0 Å². The fourth-order valence-electron chi connectivity index (χ4n) is 11.8. The standard InChI is InChI=1S/C30H46O4/c1-18-7-12-29-14-13-28(6)27(5)11-8-20-25(3,10-9-22(32)26(20,4)16-31)21(27)15-23(33)30(28,34-17-29)24(29)19(18)2/h16,18-22,24,32H,7-15,17H2,1-6H3/t18-,19+,20+,21-,22+,24-,25+,26-,27+,28-,29+,30-/m1/s1. The van der Waals surface area contributed by atoms with Gasteiger partial charge in [-0.2, -0.15) is 0 Å². The third-order valence-electron chi connectivity index (χ3n) is 14.2. The number of aldehydes is 1. The van der Waals surface area contributed by atoms with Crippen LogP contribution in [0.5, 0.6) is 0 Å². The first kappa shape index (κ1) is 23.6. The van der Waals surface area contributed by atoms with E-state index in [1.165, 1.54) is 19.3 Å². The van der Waals surface area contributed by atoms with E-state index in [4.69, 9.17) is 4.74 Å². The van der Waals surface area contributed by atoms with Crippen molar-refractivity contribution in [2.75, 3.05) is 6.61 Å². The molecule has 2 bridgehead atoms. The van der Waals surface area contributed by atoms with Gasteiger partial charge in [-0.25, -0.2) is 0 Å². The number of hydrogen-bond acceptors (Lipinski definition) is 4. The number of fused-ring (bicyclic) bond motifs is 4. The van der Waals surface area contributed by atoms with Crippen LogP contribution < -0.4 is 0 Å². The van der Waals surface area contributed by atoms with Crippen molar-refractivity contribution in [1.82, 2.24) is 0 Å². The number of carbonyl (C=O) groups is 2. The third-order valence-corrected chi connectivity index (χ3v) is 14.2. The number of ketones is 1. The van der Waals surface area contributed by atoms with Crippen LogP contribution in [0.2, 0.25) is 0 Å². The summed E-state index contributed by atoms with van der Waals surface area (Å²) < 4.78 is 6.96. The van der Waals surface area contributed by atoms with Gasteiger partial charge in [0.15, 0.2) is 5.78 Å². The lowest BCUT2D eigenvalue weighted by Gasteiger charge is -2.73. The van der Waals surface area contributed by atoms with Gasteiger partial charge >= 0.3 is 0 Å². The number of ether oxygens (including phenoxy) is 1. The van der Waals surface area contributed by atoms with Gasteiger partial charge in [-0.3, -0.25) is 4.79 Å². The fourth-order valence-corrected chi connectivity index (χ4v) is 11.8. The normalized spacial score (nSPS) is 62.7. The molecule has 1 spiro atoms. The first-order chi connectivity index (χ1) is 15.9. The largest absolute Gasteiger partial charge is 0.392 e. The minimum absolute atomic E-state index is 0.00481. The van der Waals surface area contributed by atoms with E-state index in [2.05, 4.69) is 34.6 Å². The molecule has 0 aromatic carbocycles. The second-order valence-electron chi connectivity index (χ2n) is 14.8. The highest BCUT2D eigenvalue weighted by Gasteiger charge is 2.81. The molecule has 0 radical (unpaired) electrons. The number of aliphatic hydroxyl groups excluding tert-OH is 1. The second-order valence-corrected chi connectivity index (χ2v) is 14.8. The molecule has 4 heteroatoms.